The van der Waals surface area contributed by atoms with Crippen LogP contribution in [0.1, 0.15) is 29.9 Å². The van der Waals surface area contributed by atoms with Crippen molar-refractivity contribution in [3.05, 3.63) is 64.7 Å². The van der Waals surface area contributed by atoms with Gasteiger partial charge in [0.15, 0.2) is 0 Å². The number of rotatable bonds is 4. The summed E-state index contributed by atoms with van der Waals surface area (Å²) in [4.78, 5) is 0. The first-order valence-corrected chi connectivity index (χ1v) is 7.77. The molecule has 4 heteroatoms. The minimum atomic E-state index is 0.364. The molecule has 1 aliphatic rings. The minimum Gasteiger partial charge on any atom is -0.466 e. The summed E-state index contributed by atoms with van der Waals surface area (Å²) in [5.41, 5.74) is 3.42. The molecule has 0 spiro atoms. The van der Waals surface area contributed by atoms with Crippen LogP contribution in [0.4, 0.5) is 5.69 Å². The van der Waals surface area contributed by atoms with Gasteiger partial charge in [-0.1, -0.05) is 35.9 Å². The van der Waals surface area contributed by atoms with Gasteiger partial charge in [-0.2, -0.15) is 0 Å². The second kappa shape index (κ2) is 6.46. The molecule has 0 heterocycles. The van der Waals surface area contributed by atoms with Crippen LogP contribution in [0.15, 0.2) is 48.5 Å². The van der Waals surface area contributed by atoms with Gasteiger partial charge in [0, 0.05) is 10.7 Å². The summed E-state index contributed by atoms with van der Waals surface area (Å²) >= 11 is 11.0. The van der Waals surface area contributed by atoms with Crippen LogP contribution >= 0.6 is 23.8 Å². The fraction of sp³-hybridized carbons (Fsp3) is 0.235. The number of thiocarbonyl (C=S) groups is 1. The van der Waals surface area contributed by atoms with Gasteiger partial charge < -0.3 is 10.1 Å². The quantitative estimate of drug-likeness (QED) is 0.790. The molecular weight excluding hydrogens is 302 g/mol. The fourth-order valence-corrected chi connectivity index (χ4v) is 2.44. The van der Waals surface area contributed by atoms with Crippen LogP contribution in [0.25, 0.3) is 0 Å². The predicted octanol–water partition coefficient (Wildman–Crippen LogP) is 5.13. The summed E-state index contributed by atoms with van der Waals surface area (Å²) in [5, 5.41) is 4.09. The Morgan fingerprint density at radius 2 is 1.76 bits per heavy atom. The Kier molecular flexibility index (Phi) is 4.42. The molecule has 0 bridgehead atoms. The number of ether oxygens (including phenoxy) is 1. The van der Waals surface area contributed by atoms with Crippen molar-refractivity contribution < 1.29 is 4.74 Å². The first-order chi connectivity index (χ1) is 10.2. The van der Waals surface area contributed by atoms with Gasteiger partial charge in [-0.15, -0.1) is 0 Å². The van der Waals surface area contributed by atoms with E-state index < -0.39 is 0 Å². The lowest BCUT2D eigenvalue weighted by atomic mass is 10.1. The summed E-state index contributed by atoms with van der Waals surface area (Å²) in [6.45, 7) is 0.477. The first-order valence-electron chi connectivity index (χ1n) is 6.99. The molecule has 3 rings (SSSR count). The molecule has 1 saturated carbocycles. The van der Waals surface area contributed by atoms with Gasteiger partial charge in [0.2, 0.25) is 0 Å². The highest BCUT2D eigenvalue weighted by Crippen LogP contribution is 2.39. The number of hydrogen-bond donors (Lipinski definition) is 1. The Balaban J connectivity index is 1.49. The van der Waals surface area contributed by atoms with Crippen molar-refractivity contribution in [3.63, 3.8) is 0 Å². The van der Waals surface area contributed by atoms with Crippen molar-refractivity contribution in [2.75, 3.05) is 5.32 Å². The molecule has 0 amide bonds. The SMILES string of the molecule is S=C(Nc1ccc(Cl)cc1)OCc1ccc(C2CC2)cc1. The highest BCUT2D eigenvalue weighted by Gasteiger charge is 2.22. The number of anilines is 1. The third kappa shape index (κ3) is 4.19. The van der Waals surface area contributed by atoms with E-state index >= 15 is 0 Å². The Bertz CT molecular complexity index is 620. The smallest absolute Gasteiger partial charge is 0.261 e. The predicted molar refractivity (Wildman–Crippen MR) is 90.9 cm³/mol. The van der Waals surface area contributed by atoms with Gasteiger partial charge in [0.05, 0.1) is 0 Å². The molecule has 2 aromatic carbocycles. The molecule has 1 fully saturated rings. The van der Waals surface area contributed by atoms with Gasteiger partial charge >= 0.3 is 0 Å². The van der Waals surface area contributed by atoms with Crippen LogP contribution in [-0.4, -0.2) is 5.17 Å². The number of hydrogen-bond acceptors (Lipinski definition) is 2. The second-order valence-electron chi connectivity index (χ2n) is 5.22. The minimum absolute atomic E-state index is 0.364. The largest absolute Gasteiger partial charge is 0.466 e. The van der Waals surface area contributed by atoms with E-state index in [1.807, 2.05) is 24.3 Å². The lowest BCUT2D eigenvalue weighted by Crippen LogP contribution is -2.13. The van der Waals surface area contributed by atoms with E-state index in [0.29, 0.717) is 16.8 Å². The molecule has 0 aliphatic heterocycles. The van der Waals surface area contributed by atoms with Gasteiger partial charge in [0.1, 0.15) is 6.61 Å². The van der Waals surface area contributed by atoms with Crippen LogP contribution in [0.5, 0.6) is 0 Å². The van der Waals surface area contributed by atoms with E-state index in [-0.39, 0.29) is 0 Å². The van der Waals surface area contributed by atoms with E-state index in [9.17, 15) is 0 Å². The van der Waals surface area contributed by atoms with Crippen molar-refractivity contribution in [2.24, 2.45) is 0 Å². The number of halogens is 1. The van der Waals surface area contributed by atoms with Gasteiger partial charge in [-0.05, 0) is 66.4 Å². The molecule has 1 N–H and O–H groups in total. The Hall–Kier alpha value is -1.58. The molecule has 0 aromatic heterocycles. The van der Waals surface area contributed by atoms with E-state index in [1.165, 1.54) is 18.4 Å². The molecule has 0 unspecified atom stereocenters. The summed E-state index contributed by atoms with van der Waals surface area (Å²) < 4.78 is 5.57. The summed E-state index contributed by atoms with van der Waals surface area (Å²) in [5.74, 6) is 0.785. The molecule has 2 nitrogen and oxygen atoms in total. The zero-order valence-corrected chi connectivity index (χ0v) is 13.1. The van der Waals surface area contributed by atoms with Crippen LogP contribution in [0, 0.1) is 0 Å². The van der Waals surface area contributed by atoms with Crippen LogP contribution in [-0.2, 0) is 11.3 Å². The zero-order valence-electron chi connectivity index (χ0n) is 11.5. The van der Waals surface area contributed by atoms with Crippen molar-refractivity contribution in [1.29, 1.82) is 0 Å². The maximum atomic E-state index is 5.84. The molecule has 0 atom stereocenters. The fourth-order valence-electron chi connectivity index (χ4n) is 2.14. The second-order valence-corrected chi connectivity index (χ2v) is 6.03. The Morgan fingerprint density at radius 3 is 2.38 bits per heavy atom. The topological polar surface area (TPSA) is 21.3 Å². The third-order valence-corrected chi connectivity index (χ3v) is 3.96. The summed E-state index contributed by atoms with van der Waals surface area (Å²) in [7, 11) is 0. The average molecular weight is 318 g/mol. The molecular formula is C17H16ClNOS. The average Bonchev–Trinajstić information content (AvgIpc) is 3.33. The zero-order chi connectivity index (χ0) is 14.7. The normalized spacial score (nSPS) is 13.8. The lowest BCUT2D eigenvalue weighted by Gasteiger charge is -2.10. The maximum Gasteiger partial charge on any atom is 0.261 e. The van der Waals surface area contributed by atoms with Crippen LogP contribution in [0.2, 0.25) is 5.02 Å². The van der Waals surface area contributed by atoms with Crippen LogP contribution < -0.4 is 5.32 Å². The monoisotopic (exact) mass is 317 g/mol. The van der Waals surface area contributed by atoms with E-state index in [0.717, 1.165) is 17.2 Å². The Morgan fingerprint density at radius 1 is 1.10 bits per heavy atom. The van der Waals surface area contributed by atoms with Crippen molar-refractivity contribution in [3.8, 4) is 0 Å². The Labute approximate surface area is 135 Å². The van der Waals surface area contributed by atoms with Crippen molar-refractivity contribution >= 4 is 34.7 Å². The summed E-state index contributed by atoms with van der Waals surface area (Å²) in [6, 6.07) is 15.9. The molecule has 108 valence electrons. The molecule has 0 radical (unpaired) electrons. The molecule has 1 aliphatic carbocycles. The highest BCUT2D eigenvalue weighted by molar-refractivity contribution is 7.80. The highest BCUT2D eigenvalue weighted by atomic mass is 35.5. The van der Waals surface area contributed by atoms with E-state index in [2.05, 4.69) is 29.6 Å². The lowest BCUT2D eigenvalue weighted by molar-refractivity contribution is 0.300. The maximum absolute atomic E-state index is 5.84. The van der Waals surface area contributed by atoms with Gasteiger partial charge in [-0.3, -0.25) is 0 Å². The van der Waals surface area contributed by atoms with Crippen molar-refractivity contribution in [2.45, 2.75) is 25.4 Å². The van der Waals surface area contributed by atoms with Gasteiger partial charge in [-0.25, -0.2) is 0 Å². The van der Waals surface area contributed by atoms with E-state index in [4.69, 9.17) is 28.6 Å². The standard InChI is InChI=1S/C17H16ClNOS/c18-15-7-9-16(10-8-15)19-17(21)20-11-12-1-3-13(4-2-12)14-5-6-14/h1-4,7-10,14H,5-6,11H2,(H,19,21). The molecule has 2 aromatic rings. The number of benzene rings is 2. The van der Waals surface area contributed by atoms with E-state index in [1.54, 1.807) is 0 Å². The summed E-state index contributed by atoms with van der Waals surface area (Å²) in [6.07, 6.45) is 2.65. The van der Waals surface area contributed by atoms with Crippen molar-refractivity contribution in [1.82, 2.24) is 0 Å². The van der Waals surface area contributed by atoms with Crippen LogP contribution in [0.3, 0.4) is 0 Å². The molecule has 21 heavy (non-hydrogen) atoms. The number of nitrogens with one attached hydrogen (secondary N) is 1. The first kappa shape index (κ1) is 14.4. The third-order valence-electron chi connectivity index (χ3n) is 3.49. The molecule has 0 saturated heterocycles. The van der Waals surface area contributed by atoms with Gasteiger partial charge in [0.25, 0.3) is 5.17 Å².